The molecule has 1 saturated heterocycles. The number of benzene rings is 2. The normalized spacial score (nSPS) is 15.9. The van der Waals surface area contributed by atoms with Crippen molar-refractivity contribution in [2.45, 2.75) is 30.9 Å². The molecule has 1 amide bonds. The molecular weight excluding hydrogens is 570 g/mol. The number of morpholine rings is 1. The quantitative estimate of drug-likeness (QED) is 0.320. The first-order chi connectivity index (χ1) is 20.0. The number of hydrogen-bond acceptors (Lipinski definition) is 6. The Bertz CT molecular complexity index is 1720. The van der Waals surface area contributed by atoms with Crippen LogP contribution in [-0.4, -0.2) is 78.2 Å². The molecule has 0 radical (unpaired) electrons. The number of fused-ring (bicyclic) bond motifs is 1. The number of pyridine rings is 1. The molecule has 2 aromatic carbocycles. The number of hydrogen-bond donors (Lipinski definition) is 1. The lowest BCUT2D eigenvalue weighted by Crippen LogP contribution is -2.45. The molecular formula is C29H30F2N4O6S. The van der Waals surface area contributed by atoms with Gasteiger partial charge in [0.05, 0.1) is 48.2 Å². The van der Waals surface area contributed by atoms with Crippen molar-refractivity contribution in [2.24, 2.45) is 0 Å². The topological polar surface area (TPSA) is 114 Å². The molecule has 3 heterocycles. The predicted molar refractivity (Wildman–Crippen MR) is 150 cm³/mol. The van der Waals surface area contributed by atoms with E-state index in [9.17, 15) is 18.3 Å². The lowest BCUT2D eigenvalue weighted by Gasteiger charge is -2.31. The second kappa shape index (κ2) is 11.7. The van der Waals surface area contributed by atoms with Gasteiger partial charge in [0.25, 0.3) is 0 Å². The number of sulfonamides is 1. The first kappa shape index (κ1) is 29.4. The number of rotatable bonds is 8. The van der Waals surface area contributed by atoms with Crippen LogP contribution in [0.5, 0.6) is 5.75 Å². The highest BCUT2D eigenvalue weighted by molar-refractivity contribution is 7.89. The molecule has 0 bridgehead atoms. The molecule has 1 unspecified atom stereocenters. The summed E-state index contributed by atoms with van der Waals surface area (Å²) >= 11 is 0. The number of amides is 1. The summed E-state index contributed by atoms with van der Waals surface area (Å²) < 4.78 is 71.6. The van der Waals surface area contributed by atoms with E-state index in [-0.39, 0.29) is 38.4 Å². The molecule has 4 aromatic rings. The summed E-state index contributed by atoms with van der Waals surface area (Å²) in [6, 6.07) is 11.9. The lowest BCUT2D eigenvalue weighted by molar-refractivity contribution is -0.0214. The van der Waals surface area contributed by atoms with Crippen LogP contribution in [0.2, 0.25) is 0 Å². The van der Waals surface area contributed by atoms with Crippen molar-refractivity contribution in [3.05, 3.63) is 83.2 Å². The van der Waals surface area contributed by atoms with Crippen molar-refractivity contribution in [1.29, 1.82) is 0 Å². The van der Waals surface area contributed by atoms with Crippen LogP contribution in [0, 0.1) is 18.6 Å². The van der Waals surface area contributed by atoms with Crippen LogP contribution >= 0.6 is 0 Å². The average Bonchev–Trinajstić information content (AvgIpc) is 3.29. The summed E-state index contributed by atoms with van der Waals surface area (Å²) in [6.45, 7) is 2.31. The molecule has 13 heteroatoms. The maximum absolute atomic E-state index is 15.7. The third kappa shape index (κ3) is 5.80. The van der Waals surface area contributed by atoms with E-state index in [2.05, 4.69) is 4.98 Å². The van der Waals surface area contributed by atoms with Gasteiger partial charge in [-0.15, -0.1) is 0 Å². The third-order valence-electron chi connectivity index (χ3n) is 7.24. The van der Waals surface area contributed by atoms with Crippen molar-refractivity contribution < 1.29 is 36.6 Å². The van der Waals surface area contributed by atoms with Gasteiger partial charge in [0, 0.05) is 32.8 Å². The molecule has 0 aliphatic carbocycles. The van der Waals surface area contributed by atoms with Gasteiger partial charge in [0.15, 0.2) is 0 Å². The molecule has 0 saturated carbocycles. The van der Waals surface area contributed by atoms with Crippen LogP contribution in [0.4, 0.5) is 13.6 Å². The van der Waals surface area contributed by atoms with Crippen molar-refractivity contribution in [2.75, 3.05) is 33.9 Å². The number of carboxylic acid groups (broad SMARTS) is 1. The van der Waals surface area contributed by atoms with E-state index >= 15 is 8.78 Å². The van der Waals surface area contributed by atoms with Crippen LogP contribution in [-0.2, 0) is 27.7 Å². The SMILES string of the molecule is COc1ccc(CN(C)S(=O)(=O)c2cc(F)c(-c3nc4cc(C)ccn4c3CC3CN(C(=O)O)CCO3)c(F)c2)cc1. The standard InChI is InChI=1S/C29H30F2N4O6S/c1-18-8-9-35-25(13-21-17-34(29(36)37)10-11-41-21)28(32-26(35)12-18)27-23(30)14-22(15-24(27)31)42(38,39)33(2)16-19-4-6-20(40-3)7-5-19/h4-9,12,14-15,21H,10-11,13,16-17H2,1-3H3,(H,36,37). The van der Waals surface area contributed by atoms with Gasteiger partial charge in [-0.05, 0) is 54.4 Å². The monoisotopic (exact) mass is 600 g/mol. The Kier molecular flexibility index (Phi) is 8.17. The second-order valence-electron chi connectivity index (χ2n) is 10.1. The minimum atomic E-state index is -4.26. The molecule has 0 spiro atoms. The van der Waals surface area contributed by atoms with Gasteiger partial charge in [-0.2, -0.15) is 4.31 Å². The van der Waals surface area contributed by atoms with Gasteiger partial charge in [-0.25, -0.2) is 27.0 Å². The fourth-order valence-electron chi connectivity index (χ4n) is 5.00. The maximum Gasteiger partial charge on any atom is 0.407 e. The highest BCUT2D eigenvalue weighted by atomic mass is 32.2. The van der Waals surface area contributed by atoms with Crippen molar-refractivity contribution in [3.63, 3.8) is 0 Å². The minimum Gasteiger partial charge on any atom is -0.497 e. The number of methoxy groups -OCH3 is 1. The van der Waals surface area contributed by atoms with E-state index in [4.69, 9.17) is 9.47 Å². The lowest BCUT2D eigenvalue weighted by atomic mass is 10.0. The zero-order valence-corrected chi connectivity index (χ0v) is 24.1. The van der Waals surface area contributed by atoms with E-state index in [1.807, 2.05) is 13.0 Å². The van der Waals surface area contributed by atoms with Crippen molar-refractivity contribution in [3.8, 4) is 17.0 Å². The Morgan fingerprint density at radius 3 is 2.50 bits per heavy atom. The molecule has 1 N–H and O–H groups in total. The van der Waals surface area contributed by atoms with Crippen LogP contribution < -0.4 is 4.74 Å². The fraction of sp³-hybridized carbons (Fsp3) is 0.310. The number of imidazole rings is 1. The van der Waals surface area contributed by atoms with E-state index in [0.29, 0.717) is 22.7 Å². The van der Waals surface area contributed by atoms with Gasteiger partial charge in [-0.3, -0.25) is 0 Å². The van der Waals surface area contributed by atoms with Gasteiger partial charge in [0.1, 0.15) is 23.0 Å². The summed E-state index contributed by atoms with van der Waals surface area (Å²) in [4.78, 5) is 16.7. The Labute approximate surface area is 241 Å². The number of nitrogens with zero attached hydrogens (tertiary/aromatic N) is 4. The smallest absolute Gasteiger partial charge is 0.407 e. The Hall–Kier alpha value is -4.07. The van der Waals surface area contributed by atoms with Gasteiger partial charge < -0.3 is 23.9 Å². The van der Waals surface area contributed by atoms with Crippen LogP contribution in [0.25, 0.3) is 16.9 Å². The van der Waals surface area contributed by atoms with Crippen LogP contribution in [0.3, 0.4) is 0 Å². The molecule has 5 rings (SSSR count). The van der Waals surface area contributed by atoms with E-state index in [1.54, 1.807) is 40.9 Å². The first-order valence-corrected chi connectivity index (χ1v) is 14.6. The Balaban J connectivity index is 1.50. The summed E-state index contributed by atoms with van der Waals surface area (Å²) in [6.07, 6.45) is 0.180. The molecule has 1 aliphatic rings. The summed E-state index contributed by atoms with van der Waals surface area (Å²) in [5, 5.41) is 9.42. The number of aryl methyl sites for hydroxylation is 1. The molecule has 222 valence electrons. The van der Waals surface area contributed by atoms with Crippen molar-refractivity contribution >= 4 is 21.8 Å². The van der Waals surface area contributed by atoms with Crippen LogP contribution in [0.1, 0.15) is 16.8 Å². The van der Waals surface area contributed by atoms with Gasteiger partial charge in [0.2, 0.25) is 10.0 Å². The number of ether oxygens (including phenoxy) is 2. The summed E-state index contributed by atoms with van der Waals surface area (Å²) in [7, 11) is -1.41. The Morgan fingerprint density at radius 2 is 1.86 bits per heavy atom. The number of halogens is 2. The number of carbonyl (C=O) groups is 1. The van der Waals surface area contributed by atoms with Gasteiger partial charge >= 0.3 is 6.09 Å². The molecule has 42 heavy (non-hydrogen) atoms. The minimum absolute atomic E-state index is 0.0119. The molecule has 1 atom stereocenters. The average molecular weight is 601 g/mol. The van der Waals surface area contributed by atoms with Gasteiger partial charge in [-0.1, -0.05) is 12.1 Å². The zero-order chi connectivity index (χ0) is 30.2. The summed E-state index contributed by atoms with van der Waals surface area (Å²) in [5.41, 5.74) is 1.89. The number of aromatic nitrogens is 2. The van der Waals surface area contributed by atoms with Crippen LogP contribution in [0.15, 0.2) is 59.6 Å². The predicted octanol–water partition coefficient (Wildman–Crippen LogP) is 4.34. The molecule has 1 fully saturated rings. The van der Waals surface area contributed by atoms with E-state index in [0.717, 1.165) is 22.0 Å². The van der Waals surface area contributed by atoms with Crippen molar-refractivity contribution in [1.82, 2.24) is 18.6 Å². The third-order valence-corrected chi connectivity index (χ3v) is 9.02. The van der Waals surface area contributed by atoms with E-state index in [1.165, 1.54) is 19.1 Å². The Morgan fingerprint density at radius 1 is 1.17 bits per heavy atom. The highest BCUT2D eigenvalue weighted by Crippen LogP contribution is 2.33. The second-order valence-corrected chi connectivity index (χ2v) is 12.2. The largest absolute Gasteiger partial charge is 0.497 e. The molecule has 1 aliphatic heterocycles. The summed E-state index contributed by atoms with van der Waals surface area (Å²) in [5.74, 6) is -1.58. The molecule has 10 nitrogen and oxygen atoms in total. The zero-order valence-electron chi connectivity index (χ0n) is 23.3. The molecule has 2 aromatic heterocycles. The first-order valence-electron chi connectivity index (χ1n) is 13.1. The highest BCUT2D eigenvalue weighted by Gasteiger charge is 2.30. The van der Waals surface area contributed by atoms with E-state index < -0.39 is 44.3 Å². The fourth-order valence-corrected chi connectivity index (χ4v) is 6.19. The maximum atomic E-state index is 15.7.